The molecular formula is C18H22O. The van der Waals surface area contributed by atoms with E-state index in [1.54, 1.807) is 12.1 Å². The number of phenolic OH excluding ortho intramolecular Hbond substituents is 1. The van der Waals surface area contributed by atoms with Crippen LogP contribution in [0.5, 0.6) is 5.75 Å². The van der Waals surface area contributed by atoms with Crippen LogP contribution in [-0.4, -0.2) is 5.11 Å². The van der Waals surface area contributed by atoms with Crippen LogP contribution in [0.2, 0.25) is 0 Å². The van der Waals surface area contributed by atoms with E-state index < -0.39 is 0 Å². The Bertz CT molecular complexity index is 508. The molecule has 1 nitrogen and oxygen atoms in total. The maximum absolute atomic E-state index is 9.31. The molecule has 0 bridgehead atoms. The predicted molar refractivity (Wildman–Crippen MR) is 81.4 cm³/mol. The summed E-state index contributed by atoms with van der Waals surface area (Å²) < 4.78 is 0. The van der Waals surface area contributed by atoms with Crippen LogP contribution in [0.25, 0.3) is 11.1 Å². The minimum Gasteiger partial charge on any atom is -0.508 e. The van der Waals surface area contributed by atoms with Crippen molar-refractivity contribution in [1.29, 1.82) is 0 Å². The SMILES string of the molecule is CCC(c1ccc(-c2ccc(O)cc2)cc1)C(C)C. The first-order valence-electron chi connectivity index (χ1n) is 7.01. The maximum atomic E-state index is 9.31. The zero-order valence-electron chi connectivity index (χ0n) is 11.9. The lowest BCUT2D eigenvalue weighted by Crippen LogP contribution is -2.05. The second kappa shape index (κ2) is 5.92. The Morgan fingerprint density at radius 1 is 0.842 bits per heavy atom. The van der Waals surface area contributed by atoms with Crippen molar-refractivity contribution >= 4 is 0 Å². The molecule has 0 amide bonds. The van der Waals surface area contributed by atoms with Crippen LogP contribution in [-0.2, 0) is 0 Å². The zero-order chi connectivity index (χ0) is 13.8. The van der Waals surface area contributed by atoms with Gasteiger partial charge in [0.1, 0.15) is 5.75 Å². The van der Waals surface area contributed by atoms with E-state index >= 15 is 0 Å². The second-order valence-corrected chi connectivity index (χ2v) is 5.43. The highest BCUT2D eigenvalue weighted by Gasteiger charge is 2.13. The van der Waals surface area contributed by atoms with Crippen LogP contribution >= 0.6 is 0 Å². The largest absolute Gasteiger partial charge is 0.508 e. The minimum absolute atomic E-state index is 0.311. The van der Waals surface area contributed by atoms with Gasteiger partial charge in [0.15, 0.2) is 0 Å². The molecule has 0 aliphatic rings. The van der Waals surface area contributed by atoms with E-state index in [0.29, 0.717) is 17.6 Å². The summed E-state index contributed by atoms with van der Waals surface area (Å²) in [6.07, 6.45) is 1.18. The van der Waals surface area contributed by atoms with Gasteiger partial charge in [-0.15, -0.1) is 0 Å². The number of benzene rings is 2. The molecule has 0 saturated carbocycles. The van der Waals surface area contributed by atoms with Crippen molar-refractivity contribution in [3.63, 3.8) is 0 Å². The summed E-state index contributed by atoms with van der Waals surface area (Å²) in [5, 5.41) is 9.31. The van der Waals surface area contributed by atoms with Gasteiger partial charge in [-0.3, -0.25) is 0 Å². The average Bonchev–Trinajstić information content (AvgIpc) is 2.41. The monoisotopic (exact) mass is 254 g/mol. The van der Waals surface area contributed by atoms with Crippen LogP contribution in [0.15, 0.2) is 48.5 Å². The summed E-state index contributed by atoms with van der Waals surface area (Å²) in [5.74, 6) is 1.62. The molecule has 0 aliphatic carbocycles. The van der Waals surface area contributed by atoms with Gasteiger partial charge >= 0.3 is 0 Å². The van der Waals surface area contributed by atoms with Crippen molar-refractivity contribution in [2.45, 2.75) is 33.1 Å². The predicted octanol–water partition coefficient (Wildman–Crippen LogP) is 5.21. The molecule has 0 saturated heterocycles. The smallest absolute Gasteiger partial charge is 0.115 e. The Hall–Kier alpha value is -1.76. The highest BCUT2D eigenvalue weighted by atomic mass is 16.3. The molecular weight excluding hydrogens is 232 g/mol. The number of hydrogen-bond donors (Lipinski definition) is 1. The molecule has 0 aromatic heterocycles. The maximum Gasteiger partial charge on any atom is 0.115 e. The lowest BCUT2D eigenvalue weighted by Gasteiger charge is -2.19. The molecule has 2 rings (SSSR count). The van der Waals surface area contributed by atoms with Gasteiger partial charge in [-0.2, -0.15) is 0 Å². The molecule has 2 aromatic carbocycles. The molecule has 0 radical (unpaired) electrons. The van der Waals surface area contributed by atoms with E-state index in [2.05, 4.69) is 45.0 Å². The number of hydrogen-bond acceptors (Lipinski definition) is 1. The van der Waals surface area contributed by atoms with Crippen molar-refractivity contribution in [2.75, 3.05) is 0 Å². The Balaban J connectivity index is 2.25. The Morgan fingerprint density at radius 3 is 1.74 bits per heavy atom. The molecule has 0 heterocycles. The fourth-order valence-electron chi connectivity index (χ4n) is 2.67. The first-order valence-corrected chi connectivity index (χ1v) is 7.01. The topological polar surface area (TPSA) is 20.2 Å². The number of rotatable bonds is 4. The van der Waals surface area contributed by atoms with Crippen molar-refractivity contribution in [2.24, 2.45) is 5.92 Å². The van der Waals surface area contributed by atoms with Gasteiger partial charge in [0.25, 0.3) is 0 Å². The molecule has 100 valence electrons. The molecule has 1 atom stereocenters. The first kappa shape index (κ1) is 13.7. The second-order valence-electron chi connectivity index (χ2n) is 5.43. The molecule has 19 heavy (non-hydrogen) atoms. The molecule has 1 N–H and O–H groups in total. The molecule has 0 fully saturated rings. The molecule has 2 aromatic rings. The van der Waals surface area contributed by atoms with E-state index in [1.807, 2.05) is 12.1 Å². The summed E-state index contributed by atoms with van der Waals surface area (Å²) in [6, 6.07) is 16.2. The Kier molecular flexibility index (Phi) is 4.26. The van der Waals surface area contributed by atoms with Gasteiger partial charge in [-0.05, 0) is 47.1 Å². The van der Waals surface area contributed by atoms with Crippen LogP contribution < -0.4 is 0 Å². The van der Waals surface area contributed by atoms with E-state index in [-0.39, 0.29) is 0 Å². The molecule has 0 spiro atoms. The van der Waals surface area contributed by atoms with E-state index in [0.717, 1.165) is 5.56 Å². The normalized spacial score (nSPS) is 12.6. The van der Waals surface area contributed by atoms with Crippen LogP contribution in [0, 0.1) is 5.92 Å². The fourth-order valence-corrected chi connectivity index (χ4v) is 2.67. The van der Waals surface area contributed by atoms with Crippen molar-refractivity contribution in [1.82, 2.24) is 0 Å². The third kappa shape index (κ3) is 3.17. The zero-order valence-corrected chi connectivity index (χ0v) is 11.9. The van der Waals surface area contributed by atoms with Gasteiger partial charge < -0.3 is 5.11 Å². The summed E-state index contributed by atoms with van der Waals surface area (Å²) in [4.78, 5) is 0. The van der Waals surface area contributed by atoms with Gasteiger partial charge in [0.05, 0.1) is 0 Å². The fraction of sp³-hybridized carbons (Fsp3) is 0.333. The lowest BCUT2D eigenvalue weighted by molar-refractivity contribution is 0.475. The molecule has 0 aliphatic heterocycles. The summed E-state index contributed by atoms with van der Waals surface area (Å²) >= 11 is 0. The van der Waals surface area contributed by atoms with Gasteiger partial charge in [-0.1, -0.05) is 57.2 Å². The van der Waals surface area contributed by atoms with Crippen molar-refractivity contribution < 1.29 is 5.11 Å². The van der Waals surface area contributed by atoms with E-state index in [4.69, 9.17) is 0 Å². The van der Waals surface area contributed by atoms with Gasteiger partial charge in [0.2, 0.25) is 0 Å². The van der Waals surface area contributed by atoms with Crippen molar-refractivity contribution in [3.05, 3.63) is 54.1 Å². The Morgan fingerprint density at radius 2 is 1.32 bits per heavy atom. The average molecular weight is 254 g/mol. The lowest BCUT2D eigenvalue weighted by atomic mass is 9.86. The summed E-state index contributed by atoms with van der Waals surface area (Å²) in [5.41, 5.74) is 3.75. The molecule has 1 heteroatoms. The number of aromatic hydroxyl groups is 1. The van der Waals surface area contributed by atoms with Crippen LogP contribution in [0.3, 0.4) is 0 Å². The quantitative estimate of drug-likeness (QED) is 0.794. The highest BCUT2D eigenvalue weighted by Crippen LogP contribution is 2.30. The van der Waals surface area contributed by atoms with E-state index in [1.165, 1.54) is 17.5 Å². The van der Waals surface area contributed by atoms with Crippen LogP contribution in [0.4, 0.5) is 0 Å². The van der Waals surface area contributed by atoms with Crippen molar-refractivity contribution in [3.8, 4) is 16.9 Å². The van der Waals surface area contributed by atoms with Crippen LogP contribution in [0.1, 0.15) is 38.7 Å². The van der Waals surface area contributed by atoms with Gasteiger partial charge in [0, 0.05) is 0 Å². The minimum atomic E-state index is 0.311. The summed E-state index contributed by atoms with van der Waals surface area (Å²) in [7, 11) is 0. The highest BCUT2D eigenvalue weighted by molar-refractivity contribution is 5.64. The standard InChI is InChI=1S/C18H22O/c1-4-18(13(2)3)16-7-5-14(6-8-16)15-9-11-17(19)12-10-15/h5-13,18-19H,4H2,1-3H3. The van der Waals surface area contributed by atoms with E-state index in [9.17, 15) is 5.11 Å². The Labute approximate surface area is 115 Å². The number of phenols is 1. The molecule has 1 unspecified atom stereocenters. The third-order valence-corrected chi connectivity index (χ3v) is 3.78. The first-order chi connectivity index (χ1) is 9.11. The third-order valence-electron chi connectivity index (χ3n) is 3.78. The summed E-state index contributed by atoms with van der Waals surface area (Å²) in [6.45, 7) is 6.81. The van der Waals surface area contributed by atoms with Gasteiger partial charge in [-0.25, -0.2) is 0 Å².